The molecule has 6 rings (SSSR count). The number of carbonyl (C=O) groups excluding carboxylic acids is 2. The molecule has 2 aliphatic carbocycles. The number of rotatable bonds is 5. The Bertz CT molecular complexity index is 1510. The summed E-state index contributed by atoms with van der Waals surface area (Å²) in [5.74, 6) is 0.0978. The van der Waals surface area contributed by atoms with E-state index in [4.69, 9.17) is 0 Å². The maximum absolute atomic E-state index is 13.6. The number of hydrogen-bond donors (Lipinski definition) is 2. The molecule has 37 heavy (non-hydrogen) atoms. The number of nitrogens with zero attached hydrogens (tertiary/aromatic N) is 4. The van der Waals surface area contributed by atoms with Crippen LogP contribution in [0.1, 0.15) is 54.0 Å². The summed E-state index contributed by atoms with van der Waals surface area (Å²) in [4.78, 5) is 44.8. The molecule has 3 aromatic rings. The van der Waals surface area contributed by atoms with Crippen molar-refractivity contribution in [3.63, 3.8) is 0 Å². The van der Waals surface area contributed by atoms with Gasteiger partial charge in [0.05, 0.1) is 6.61 Å². The van der Waals surface area contributed by atoms with Crippen LogP contribution in [0.3, 0.4) is 0 Å². The summed E-state index contributed by atoms with van der Waals surface area (Å²) < 4.78 is 3.56. The van der Waals surface area contributed by atoms with E-state index in [1.807, 2.05) is 6.07 Å². The molecule has 0 aromatic carbocycles. The number of aryl methyl sites for hydroxylation is 1. The van der Waals surface area contributed by atoms with E-state index in [1.165, 1.54) is 15.8 Å². The van der Waals surface area contributed by atoms with Gasteiger partial charge in [0.15, 0.2) is 0 Å². The van der Waals surface area contributed by atoms with Crippen LogP contribution in [-0.4, -0.2) is 37.6 Å². The number of amides is 2. The molecule has 0 spiro atoms. The number of aliphatic hydroxyl groups excluding tert-OH is 1. The zero-order valence-corrected chi connectivity index (χ0v) is 21.4. The molecule has 3 aromatic heterocycles. The first-order valence-electron chi connectivity index (χ1n) is 12.8. The fraction of sp³-hybridized carbons (Fsp3) is 0.429. The summed E-state index contributed by atoms with van der Waals surface area (Å²) in [6.07, 6.45) is 6.86. The summed E-state index contributed by atoms with van der Waals surface area (Å²) in [6, 6.07) is 5.41. The van der Waals surface area contributed by atoms with E-state index in [0.717, 1.165) is 25.7 Å². The molecule has 0 atom stereocenters. The third-order valence-electron chi connectivity index (χ3n) is 7.77. The summed E-state index contributed by atoms with van der Waals surface area (Å²) in [5, 5.41) is 13.2. The zero-order chi connectivity index (χ0) is 26.1. The van der Waals surface area contributed by atoms with Crippen LogP contribution >= 0.6 is 0 Å². The Morgan fingerprint density at radius 1 is 1.19 bits per heavy atom. The highest BCUT2D eigenvalue weighted by atomic mass is 16.3. The second kappa shape index (κ2) is 8.41. The minimum absolute atomic E-state index is 0.0367. The van der Waals surface area contributed by atoms with E-state index in [1.54, 1.807) is 36.5 Å². The van der Waals surface area contributed by atoms with Gasteiger partial charge in [0.2, 0.25) is 5.91 Å². The Hall–Kier alpha value is -3.72. The Morgan fingerprint density at radius 3 is 2.70 bits per heavy atom. The number of hydrogen-bond acceptors (Lipinski definition) is 5. The molecule has 0 radical (unpaired) electrons. The van der Waals surface area contributed by atoms with Crippen LogP contribution in [0, 0.1) is 11.3 Å². The number of aliphatic hydroxyl groups is 1. The van der Waals surface area contributed by atoms with E-state index >= 15 is 0 Å². The Balaban J connectivity index is 1.37. The van der Waals surface area contributed by atoms with Crippen molar-refractivity contribution in [2.75, 3.05) is 16.8 Å². The van der Waals surface area contributed by atoms with E-state index < -0.39 is 0 Å². The fourth-order valence-corrected chi connectivity index (χ4v) is 5.78. The van der Waals surface area contributed by atoms with Crippen LogP contribution in [0.2, 0.25) is 0 Å². The standard InChI is InChI=1S/C28H31N5O4/c1-28(2)12-17-11-22-27(37)33(9-8-32(22)23(17)13-28)24-20(15-34)19(6-7-29-24)18-10-21(26(36)31(3)14-18)30-25(35)16-4-5-16/h6-7,10-11,14,16,34H,4-5,8-9,12-13,15H2,1-3H3,(H,30,35). The van der Waals surface area contributed by atoms with Crippen LogP contribution in [-0.2, 0) is 37.8 Å². The summed E-state index contributed by atoms with van der Waals surface area (Å²) in [5.41, 5.74) is 5.06. The number of pyridine rings is 2. The second-order valence-electron chi connectivity index (χ2n) is 11.3. The summed E-state index contributed by atoms with van der Waals surface area (Å²) >= 11 is 0. The predicted octanol–water partition coefficient (Wildman–Crippen LogP) is 2.87. The topological polar surface area (TPSA) is 109 Å². The monoisotopic (exact) mass is 501 g/mol. The molecule has 1 aliphatic heterocycles. The van der Waals surface area contributed by atoms with Crippen molar-refractivity contribution in [1.29, 1.82) is 0 Å². The van der Waals surface area contributed by atoms with Gasteiger partial charge in [-0.05, 0) is 60.4 Å². The predicted molar refractivity (Wildman–Crippen MR) is 139 cm³/mol. The van der Waals surface area contributed by atoms with Gasteiger partial charge in [0.25, 0.3) is 11.5 Å². The maximum atomic E-state index is 13.6. The van der Waals surface area contributed by atoms with E-state index in [9.17, 15) is 19.5 Å². The van der Waals surface area contributed by atoms with Crippen LogP contribution < -0.4 is 15.8 Å². The van der Waals surface area contributed by atoms with Gasteiger partial charge in [-0.1, -0.05) is 13.8 Å². The number of aromatic nitrogens is 3. The van der Waals surface area contributed by atoms with Crippen molar-refractivity contribution in [3.05, 3.63) is 63.5 Å². The highest BCUT2D eigenvalue weighted by Crippen LogP contribution is 2.40. The van der Waals surface area contributed by atoms with E-state index in [2.05, 4.69) is 28.7 Å². The molecular formula is C28H31N5O4. The molecular weight excluding hydrogens is 470 g/mol. The molecule has 0 saturated heterocycles. The smallest absolute Gasteiger partial charge is 0.276 e. The highest BCUT2D eigenvalue weighted by molar-refractivity contribution is 6.06. The highest BCUT2D eigenvalue weighted by Gasteiger charge is 2.37. The van der Waals surface area contributed by atoms with Crippen LogP contribution in [0.15, 0.2) is 35.4 Å². The lowest BCUT2D eigenvalue weighted by atomic mass is 9.90. The van der Waals surface area contributed by atoms with Gasteiger partial charge >= 0.3 is 0 Å². The molecule has 2 amide bonds. The third-order valence-corrected chi connectivity index (χ3v) is 7.77. The lowest BCUT2D eigenvalue weighted by Crippen LogP contribution is -2.41. The first-order valence-corrected chi connectivity index (χ1v) is 12.8. The van der Waals surface area contributed by atoms with Gasteiger partial charge in [0, 0.05) is 55.3 Å². The average Bonchev–Trinajstić information content (AvgIpc) is 3.60. The van der Waals surface area contributed by atoms with Gasteiger partial charge in [0.1, 0.15) is 17.2 Å². The van der Waals surface area contributed by atoms with Gasteiger partial charge < -0.3 is 19.6 Å². The van der Waals surface area contributed by atoms with Crippen LogP contribution in [0.4, 0.5) is 11.5 Å². The van der Waals surface area contributed by atoms with Crippen LogP contribution in [0.25, 0.3) is 11.1 Å². The number of nitrogens with one attached hydrogen (secondary N) is 1. The summed E-state index contributed by atoms with van der Waals surface area (Å²) in [7, 11) is 1.63. The van der Waals surface area contributed by atoms with Crippen molar-refractivity contribution in [2.24, 2.45) is 18.4 Å². The molecule has 1 fully saturated rings. The minimum atomic E-state index is -0.333. The van der Waals surface area contributed by atoms with Gasteiger partial charge in [-0.25, -0.2) is 4.98 Å². The number of carbonyl (C=O) groups is 2. The number of fused-ring (bicyclic) bond motifs is 3. The molecule has 9 nitrogen and oxygen atoms in total. The molecule has 3 aliphatic rings. The van der Waals surface area contributed by atoms with Crippen molar-refractivity contribution >= 4 is 23.3 Å². The van der Waals surface area contributed by atoms with Crippen molar-refractivity contribution in [2.45, 2.75) is 52.7 Å². The lowest BCUT2D eigenvalue weighted by molar-refractivity contribution is -0.117. The third kappa shape index (κ3) is 3.98. The van der Waals surface area contributed by atoms with E-state index in [0.29, 0.717) is 41.3 Å². The Labute approximate surface area is 214 Å². The lowest BCUT2D eigenvalue weighted by Gasteiger charge is -2.31. The average molecular weight is 502 g/mol. The van der Waals surface area contributed by atoms with Gasteiger partial charge in [-0.3, -0.25) is 19.3 Å². The van der Waals surface area contributed by atoms with Crippen LogP contribution in [0.5, 0.6) is 0 Å². The maximum Gasteiger partial charge on any atom is 0.276 e. The molecule has 2 N–H and O–H groups in total. The Morgan fingerprint density at radius 2 is 1.97 bits per heavy atom. The second-order valence-corrected chi connectivity index (χ2v) is 11.3. The van der Waals surface area contributed by atoms with Crippen molar-refractivity contribution < 1.29 is 14.7 Å². The molecule has 0 unspecified atom stereocenters. The first kappa shape index (κ1) is 23.7. The fourth-order valence-electron chi connectivity index (χ4n) is 5.78. The summed E-state index contributed by atoms with van der Waals surface area (Å²) in [6.45, 7) is 5.29. The van der Waals surface area contributed by atoms with Crippen molar-refractivity contribution in [1.82, 2.24) is 14.1 Å². The molecule has 192 valence electrons. The van der Waals surface area contributed by atoms with Gasteiger partial charge in [-0.15, -0.1) is 0 Å². The largest absolute Gasteiger partial charge is 0.392 e. The van der Waals surface area contributed by atoms with Crippen molar-refractivity contribution in [3.8, 4) is 11.1 Å². The molecule has 9 heteroatoms. The SMILES string of the molecule is Cn1cc(-c2ccnc(N3CCn4c(cc5c4CC(C)(C)C5)C3=O)c2CO)cc(NC(=O)C2CC2)c1=O. The van der Waals surface area contributed by atoms with E-state index in [-0.39, 0.29) is 41.0 Å². The first-order chi connectivity index (χ1) is 17.7. The normalized spacial score (nSPS) is 18.1. The minimum Gasteiger partial charge on any atom is -0.392 e. The molecule has 4 heterocycles. The van der Waals surface area contributed by atoms with Gasteiger partial charge in [-0.2, -0.15) is 0 Å². The molecule has 0 bridgehead atoms. The molecule has 1 saturated carbocycles. The zero-order valence-electron chi connectivity index (χ0n) is 21.4. The Kier molecular flexibility index (Phi) is 5.38. The quantitative estimate of drug-likeness (QED) is 0.559. The number of anilines is 2.